The summed E-state index contributed by atoms with van der Waals surface area (Å²) in [6, 6.07) is 10.7. The second-order valence-electron chi connectivity index (χ2n) is 4.26. The van der Waals surface area contributed by atoms with E-state index in [0.29, 0.717) is 5.75 Å². The predicted molar refractivity (Wildman–Crippen MR) is 70.1 cm³/mol. The summed E-state index contributed by atoms with van der Waals surface area (Å²) in [5.74, 6) is -1.01. The van der Waals surface area contributed by atoms with Crippen LogP contribution in [0.5, 0.6) is 11.5 Å². The summed E-state index contributed by atoms with van der Waals surface area (Å²) in [7, 11) is 0. The molecule has 0 spiro atoms. The molecule has 1 atom stereocenters. The quantitative estimate of drug-likeness (QED) is 0.898. The van der Waals surface area contributed by atoms with Crippen molar-refractivity contribution in [1.29, 1.82) is 0 Å². The summed E-state index contributed by atoms with van der Waals surface area (Å²) in [5, 5.41) is 0. The molecule has 0 saturated carbocycles. The lowest BCUT2D eigenvalue weighted by Crippen LogP contribution is -2.07. The van der Waals surface area contributed by atoms with Gasteiger partial charge in [0.1, 0.15) is 11.5 Å². The third-order valence-electron chi connectivity index (χ3n) is 2.87. The normalized spacial score (nSPS) is 12.2. The number of nitrogens with two attached hydrogens (primary N) is 1. The summed E-state index contributed by atoms with van der Waals surface area (Å²) < 4.78 is 31.2. The van der Waals surface area contributed by atoms with Gasteiger partial charge in [0.15, 0.2) is 11.6 Å². The molecule has 0 fully saturated rings. The first-order valence-electron chi connectivity index (χ1n) is 6.08. The Morgan fingerprint density at radius 1 is 1.00 bits per heavy atom. The molecule has 2 aromatic carbocycles. The van der Waals surface area contributed by atoms with Gasteiger partial charge in [0.05, 0.1) is 0 Å². The average molecular weight is 263 g/mol. The van der Waals surface area contributed by atoms with Crippen molar-refractivity contribution in [3.05, 3.63) is 59.7 Å². The minimum absolute atomic E-state index is 0.00249. The van der Waals surface area contributed by atoms with E-state index in [-0.39, 0.29) is 11.8 Å². The molecule has 2 rings (SSSR count). The van der Waals surface area contributed by atoms with E-state index in [1.165, 1.54) is 6.07 Å². The molecule has 0 aliphatic carbocycles. The summed E-state index contributed by atoms with van der Waals surface area (Å²) in [6.45, 7) is 2.01. The third kappa shape index (κ3) is 3.29. The van der Waals surface area contributed by atoms with Crippen LogP contribution in [0.1, 0.15) is 24.9 Å². The highest BCUT2D eigenvalue weighted by Gasteiger charge is 2.06. The Hall–Kier alpha value is -1.94. The fraction of sp³-hybridized carbons (Fsp3) is 0.200. The maximum atomic E-state index is 13.0. The van der Waals surface area contributed by atoms with Crippen LogP contribution in [0, 0.1) is 11.6 Å². The molecule has 0 unspecified atom stereocenters. The molecule has 0 heterocycles. The van der Waals surface area contributed by atoms with Gasteiger partial charge in [-0.2, -0.15) is 0 Å². The molecular formula is C15H15F2NO. The summed E-state index contributed by atoms with van der Waals surface area (Å²) >= 11 is 0. The van der Waals surface area contributed by atoms with Crippen LogP contribution in [0.4, 0.5) is 8.78 Å². The number of halogens is 2. The molecule has 0 aliphatic rings. The molecule has 2 N–H and O–H groups in total. The smallest absolute Gasteiger partial charge is 0.162 e. The molecule has 0 radical (unpaired) electrons. The average Bonchev–Trinajstić information content (AvgIpc) is 2.43. The summed E-state index contributed by atoms with van der Waals surface area (Å²) in [5.41, 5.74) is 6.92. The third-order valence-corrected chi connectivity index (χ3v) is 2.87. The molecule has 100 valence electrons. The molecule has 0 saturated heterocycles. The van der Waals surface area contributed by atoms with Crippen LogP contribution in [0.15, 0.2) is 42.5 Å². The first-order chi connectivity index (χ1) is 9.10. The van der Waals surface area contributed by atoms with Crippen molar-refractivity contribution < 1.29 is 13.5 Å². The predicted octanol–water partition coefficient (Wildman–Crippen LogP) is 4.17. The van der Waals surface area contributed by atoms with Crippen molar-refractivity contribution in [3.8, 4) is 11.5 Å². The van der Waals surface area contributed by atoms with Crippen LogP contribution in [-0.4, -0.2) is 0 Å². The van der Waals surface area contributed by atoms with Gasteiger partial charge in [0.2, 0.25) is 0 Å². The van der Waals surface area contributed by atoms with Gasteiger partial charge < -0.3 is 10.5 Å². The van der Waals surface area contributed by atoms with E-state index < -0.39 is 11.6 Å². The van der Waals surface area contributed by atoms with Crippen LogP contribution in [0.25, 0.3) is 0 Å². The van der Waals surface area contributed by atoms with Gasteiger partial charge >= 0.3 is 0 Å². The summed E-state index contributed by atoms with van der Waals surface area (Å²) in [6.07, 6.45) is 0.851. The fourth-order valence-corrected chi connectivity index (χ4v) is 1.70. The number of hydrogen-bond acceptors (Lipinski definition) is 2. The van der Waals surface area contributed by atoms with E-state index in [1.54, 1.807) is 12.1 Å². The minimum atomic E-state index is -0.929. The molecule has 19 heavy (non-hydrogen) atoms. The largest absolute Gasteiger partial charge is 0.457 e. The Bertz CT molecular complexity index is 555. The Balaban J connectivity index is 2.12. The Morgan fingerprint density at radius 3 is 2.21 bits per heavy atom. The molecule has 0 aliphatic heterocycles. The Morgan fingerprint density at radius 2 is 1.63 bits per heavy atom. The second kappa shape index (κ2) is 5.80. The van der Waals surface area contributed by atoms with Crippen LogP contribution in [0.2, 0.25) is 0 Å². The van der Waals surface area contributed by atoms with Gasteiger partial charge in [-0.3, -0.25) is 0 Å². The Labute approximate surface area is 110 Å². The van der Waals surface area contributed by atoms with Gasteiger partial charge in [-0.05, 0) is 36.2 Å². The Kier molecular flexibility index (Phi) is 4.12. The monoisotopic (exact) mass is 263 g/mol. The van der Waals surface area contributed by atoms with Crippen LogP contribution in [0.3, 0.4) is 0 Å². The second-order valence-corrected chi connectivity index (χ2v) is 4.26. The SMILES string of the molecule is CC[C@H](N)c1ccc(Oc2ccc(F)c(F)c2)cc1. The van der Waals surface area contributed by atoms with Gasteiger partial charge in [-0.15, -0.1) is 0 Å². The first kappa shape index (κ1) is 13.5. The molecule has 2 nitrogen and oxygen atoms in total. The summed E-state index contributed by atoms with van der Waals surface area (Å²) in [4.78, 5) is 0. The standard InChI is InChI=1S/C15H15F2NO/c1-2-15(18)10-3-5-11(6-4-10)19-12-7-8-13(16)14(17)9-12/h3-9,15H,2,18H2,1H3/t15-/m0/s1. The van der Waals surface area contributed by atoms with E-state index in [9.17, 15) is 8.78 Å². The first-order valence-corrected chi connectivity index (χ1v) is 6.08. The minimum Gasteiger partial charge on any atom is -0.457 e. The van der Waals surface area contributed by atoms with Crippen molar-refractivity contribution in [1.82, 2.24) is 0 Å². The van der Waals surface area contributed by atoms with Crippen molar-refractivity contribution in [3.63, 3.8) is 0 Å². The number of benzene rings is 2. The highest BCUT2D eigenvalue weighted by molar-refractivity contribution is 5.34. The van der Waals surface area contributed by atoms with Crippen LogP contribution < -0.4 is 10.5 Å². The maximum Gasteiger partial charge on any atom is 0.162 e. The van der Waals surface area contributed by atoms with Gasteiger partial charge in [0.25, 0.3) is 0 Å². The highest BCUT2D eigenvalue weighted by Crippen LogP contribution is 2.24. The maximum absolute atomic E-state index is 13.0. The molecule has 2 aromatic rings. The molecule has 0 aromatic heterocycles. The zero-order valence-corrected chi connectivity index (χ0v) is 10.6. The molecular weight excluding hydrogens is 248 g/mol. The van der Waals surface area contributed by atoms with E-state index >= 15 is 0 Å². The zero-order valence-electron chi connectivity index (χ0n) is 10.6. The van der Waals surface area contributed by atoms with Crippen molar-refractivity contribution in [2.45, 2.75) is 19.4 Å². The zero-order chi connectivity index (χ0) is 13.8. The number of ether oxygens (including phenoxy) is 1. The number of rotatable bonds is 4. The lowest BCUT2D eigenvalue weighted by molar-refractivity contribution is 0.461. The highest BCUT2D eigenvalue weighted by atomic mass is 19.2. The fourth-order valence-electron chi connectivity index (χ4n) is 1.70. The lowest BCUT2D eigenvalue weighted by Gasteiger charge is -2.10. The van der Waals surface area contributed by atoms with Crippen molar-refractivity contribution in [2.24, 2.45) is 5.73 Å². The lowest BCUT2D eigenvalue weighted by atomic mass is 10.1. The van der Waals surface area contributed by atoms with E-state index in [2.05, 4.69) is 0 Å². The number of hydrogen-bond donors (Lipinski definition) is 1. The molecule has 4 heteroatoms. The van der Waals surface area contributed by atoms with Gasteiger partial charge in [0, 0.05) is 12.1 Å². The van der Waals surface area contributed by atoms with E-state index in [1.807, 2.05) is 19.1 Å². The van der Waals surface area contributed by atoms with Gasteiger partial charge in [-0.25, -0.2) is 8.78 Å². The molecule has 0 bridgehead atoms. The van der Waals surface area contributed by atoms with Crippen LogP contribution >= 0.6 is 0 Å². The van der Waals surface area contributed by atoms with E-state index in [4.69, 9.17) is 10.5 Å². The van der Waals surface area contributed by atoms with E-state index in [0.717, 1.165) is 24.1 Å². The van der Waals surface area contributed by atoms with Crippen molar-refractivity contribution in [2.75, 3.05) is 0 Å². The van der Waals surface area contributed by atoms with Crippen molar-refractivity contribution >= 4 is 0 Å². The molecule has 0 amide bonds. The topological polar surface area (TPSA) is 35.2 Å². The van der Waals surface area contributed by atoms with Gasteiger partial charge in [-0.1, -0.05) is 19.1 Å². The van der Waals surface area contributed by atoms with Crippen LogP contribution in [-0.2, 0) is 0 Å².